The van der Waals surface area contributed by atoms with Gasteiger partial charge in [-0.15, -0.1) is 0 Å². The molecule has 0 radical (unpaired) electrons. The smallest absolute Gasteiger partial charge is 0.305 e. The second-order valence-electron chi connectivity index (χ2n) is 26.0. The molecule has 6 heteroatoms. The Bertz CT molecular complexity index is 1220. The van der Waals surface area contributed by atoms with Crippen molar-refractivity contribution in [3.63, 3.8) is 0 Å². The predicted octanol–water partition coefficient (Wildman–Crippen LogP) is 24.3. The van der Waals surface area contributed by atoms with Gasteiger partial charge < -0.3 is 20.3 Å². The maximum Gasteiger partial charge on any atom is 0.305 e. The van der Waals surface area contributed by atoms with Gasteiger partial charge >= 0.3 is 5.97 Å². The molecule has 0 aliphatic heterocycles. The molecule has 0 aromatic rings. The second-order valence-corrected chi connectivity index (χ2v) is 26.0. The van der Waals surface area contributed by atoms with Crippen LogP contribution in [0.25, 0.3) is 0 Å². The van der Waals surface area contributed by atoms with Gasteiger partial charge in [0.1, 0.15) is 0 Å². The Morgan fingerprint density at radius 2 is 0.580 bits per heavy atom. The van der Waals surface area contributed by atoms with Crippen LogP contribution in [-0.4, -0.2) is 47.4 Å². The summed E-state index contributed by atoms with van der Waals surface area (Å²) in [7, 11) is 0. The molecule has 0 aliphatic carbocycles. The number of nitrogens with one attached hydrogen (secondary N) is 1. The van der Waals surface area contributed by atoms with Crippen molar-refractivity contribution in [1.82, 2.24) is 5.32 Å². The van der Waals surface area contributed by atoms with Crippen LogP contribution in [0.2, 0.25) is 0 Å². The lowest BCUT2D eigenvalue weighted by atomic mass is 10.0. The Balaban J connectivity index is 3.38. The third-order valence-electron chi connectivity index (χ3n) is 17.8. The van der Waals surface area contributed by atoms with E-state index in [1.54, 1.807) is 0 Å². The molecule has 0 bridgehead atoms. The van der Waals surface area contributed by atoms with E-state index in [4.69, 9.17) is 4.74 Å². The van der Waals surface area contributed by atoms with Crippen LogP contribution in [0.5, 0.6) is 0 Å². The first-order valence-corrected chi connectivity index (χ1v) is 37.4. The van der Waals surface area contributed by atoms with E-state index in [1.807, 2.05) is 0 Å². The van der Waals surface area contributed by atoms with Gasteiger partial charge in [-0.05, 0) is 51.4 Å². The average Bonchev–Trinajstić information content (AvgIpc) is 3.47. The van der Waals surface area contributed by atoms with Crippen molar-refractivity contribution < 1.29 is 24.5 Å². The van der Waals surface area contributed by atoms with Gasteiger partial charge in [0.15, 0.2) is 0 Å². The van der Waals surface area contributed by atoms with E-state index in [0.717, 1.165) is 38.5 Å². The summed E-state index contributed by atoms with van der Waals surface area (Å²) < 4.78 is 5.49. The summed E-state index contributed by atoms with van der Waals surface area (Å²) in [4.78, 5) is 24.6. The maximum atomic E-state index is 12.6. The molecule has 0 fully saturated rings. The molecule has 0 spiro atoms. The first kappa shape index (κ1) is 79.6. The van der Waals surface area contributed by atoms with Crippen LogP contribution in [-0.2, 0) is 14.3 Å². The predicted molar refractivity (Wildman–Crippen MR) is 357 cm³/mol. The summed E-state index contributed by atoms with van der Waals surface area (Å²) in [5.74, 6) is -0.0139. The molecular formula is C75H147NO5. The third kappa shape index (κ3) is 67.6. The highest BCUT2D eigenvalue weighted by Crippen LogP contribution is 2.20. The fourth-order valence-electron chi connectivity index (χ4n) is 12.1. The molecule has 0 aromatic carbocycles. The van der Waals surface area contributed by atoms with Crippen molar-refractivity contribution in [3.05, 3.63) is 12.2 Å². The zero-order chi connectivity index (χ0) is 58.5. The molecule has 2 atom stereocenters. The SMILES string of the molecule is CCCCCCCCCCCCCCCCCCCCCCCCCCCC(O)C(CO)NC(=O)CCCCCCCCCCCC/C=C\CCCCCCCCCCCCCCOC(=O)CCCCCCCCCCCCCCC. The normalized spacial score (nSPS) is 12.5. The Labute approximate surface area is 508 Å². The van der Waals surface area contributed by atoms with Crippen molar-refractivity contribution in [2.75, 3.05) is 13.2 Å². The molecule has 0 saturated heterocycles. The molecule has 81 heavy (non-hydrogen) atoms. The zero-order valence-electron chi connectivity index (χ0n) is 55.3. The summed E-state index contributed by atoms with van der Waals surface area (Å²) in [5, 5.41) is 23.5. The number of hydrogen-bond donors (Lipinski definition) is 3. The Kier molecular flexibility index (Phi) is 69.9. The number of carbonyl (C=O) groups is 2. The maximum absolute atomic E-state index is 12.6. The standard InChI is InChI=1S/C75H147NO5/c1-3-5-7-9-11-13-15-17-18-19-20-21-22-25-28-31-34-37-40-44-47-51-55-59-63-67-73(78)72(71-77)76-74(79)68-64-60-56-52-48-45-41-38-35-32-29-26-23-24-27-30-33-36-39-42-46-50-54-58-62-66-70-81-75(80)69-65-61-57-53-49-43-16-14-12-10-8-6-4-2/h23,26,72-73,77-78H,3-22,24-25,27-71H2,1-2H3,(H,76,79)/b26-23-. The molecule has 0 saturated carbocycles. The molecular weight excluding hydrogens is 995 g/mol. The van der Waals surface area contributed by atoms with Crippen LogP contribution < -0.4 is 5.32 Å². The van der Waals surface area contributed by atoms with Crippen LogP contribution in [0.3, 0.4) is 0 Å². The lowest BCUT2D eigenvalue weighted by molar-refractivity contribution is -0.143. The summed E-state index contributed by atoms with van der Waals surface area (Å²) in [6.07, 6.45) is 88.5. The number of aliphatic hydroxyl groups excluding tert-OH is 2. The number of carbonyl (C=O) groups excluding carboxylic acids is 2. The molecule has 0 heterocycles. The van der Waals surface area contributed by atoms with Gasteiger partial charge in [-0.2, -0.15) is 0 Å². The molecule has 0 rings (SSSR count). The van der Waals surface area contributed by atoms with Crippen LogP contribution in [0, 0.1) is 0 Å². The Morgan fingerprint density at radius 1 is 0.333 bits per heavy atom. The molecule has 0 aliphatic rings. The highest BCUT2D eigenvalue weighted by atomic mass is 16.5. The fourth-order valence-corrected chi connectivity index (χ4v) is 12.1. The Hall–Kier alpha value is -1.40. The van der Waals surface area contributed by atoms with Gasteiger partial charge in [-0.1, -0.05) is 379 Å². The van der Waals surface area contributed by atoms with Gasteiger partial charge in [0, 0.05) is 12.8 Å². The van der Waals surface area contributed by atoms with Crippen LogP contribution >= 0.6 is 0 Å². The Morgan fingerprint density at radius 3 is 0.877 bits per heavy atom. The minimum Gasteiger partial charge on any atom is -0.466 e. The van der Waals surface area contributed by atoms with Crippen molar-refractivity contribution in [2.24, 2.45) is 0 Å². The van der Waals surface area contributed by atoms with Gasteiger partial charge in [0.05, 0.1) is 25.4 Å². The monoisotopic (exact) mass is 1140 g/mol. The molecule has 482 valence electrons. The van der Waals surface area contributed by atoms with Crippen molar-refractivity contribution >= 4 is 11.9 Å². The van der Waals surface area contributed by atoms with Gasteiger partial charge in [0.2, 0.25) is 5.91 Å². The zero-order valence-corrected chi connectivity index (χ0v) is 55.3. The number of aliphatic hydroxyl groups is 2. The number of ether oxygens (including phenoxy) is 1. The van der Waals surface area contributed by atoms with Gasteiger partial charge in [-0.25, -0.2) is 0 Å². The largest absolute Gasteiger partial charge is 0.466 e. The van der Waals surface area contributed by atoms with Crippen molar-refractivity contribution in [2.45, 2.75) is 443 Å². The number of unbranched alkanes of at least 4 members (excludes halogenated alkanes) is 58. The lowest BCUT2D eigenvalue weighted by Gasteiger charge is -2.22. The highest BCUT2D eigenvalue weighted by Gasteiger charge is 2.20. The summed E-state index contributed by atoms with van der Waals surface area (Å²) >= 11 is 0. The average molecular weight is 1140 g/mol. The van der Waals surface area contributed by atoms with Crippen molar-refractivity contribution in [1.29, 1.82) is 0 Å². The summed E-state index contributed by atoms with van der Waals surface area (Å²) in [5.41, 5.74) is 0. The highest BCUT2D eigenvalue weighted by molar-refractivity contribution is 5.76. The molecule has 6 nitrogen and oxygen atoms in total. The van der Waals surface area contributed by atoms with Crippen LogP contribution in [0.4, 0.5) is 0 Å². The van der Waals surface area contributed by atoms with E-state index in [1.165, 1.54) is 360 Å². The summed E-state index contributed by atoms with van der Waals surface area (Å²) in [6, 6.07) is -0.544. The van der Waals surface area contributed by atoms with E-state index in [2.05, 4.69) is 31.3 Å². The number of allylic oxidation sites excluding steroid dienone is 2. The second kappa shape index (κ2) is 71.1. The molecule has 2 unspecified atom stereocenters. The minimum atomic E-state index is -0.667. The van der Waals surface area contributed by atoms with E-state index in [0.29, 0.717) is 25.9 Å². The van der Waals surface area contributed by atoms with Crippen LogP contribution in [0.15, 0.2) is 12.2 Å². The topological polar surface area (TPSA) is 95.9 Å². The van der Waals surface area contributed by atoms with Gasteiger partial charge in [-0.3, -0.25) is 9.59 Å². The minimum absolute atomic E-state index is 0.0172. The molecule has 0 aromatic heterocycles. The first-order chi connectivity index (χ1) is 40.0. The number of amides is 1. The van der Waals surface area contributed by atoms with E-state index < -0.39 is 12.1 Å². The number of esters is 1. The first-order valence-electron chi connectivity index (χ1n) is 37.4. The lowest BCUT2D eigenvalue weighted by Crippen LogP contribution is -2.45. The molecule has 1 amide bonds. The van der Waals surface area contributed by atoms with Crippen LogP contribution in [0.1, 0.15) is 431 Å². The summed E-state index contributed by atoms with van der Waals surface area (Å²) in [6.45, 7) is 5.00. The number of rotatable bonds is 71. The van der Waals surface area contributed by atoms with E-state index in [9.17, 15) is 19.8 Å². The third-order valence-corrected chi connectivity index (χ3v) is 17.8. The quantitative estimate of drug-likeness (QED) is 0.0320. The van der Waals surface area contributed by atoms with Crippen molar-refractivity contribution in [3.8, 4) is 0 Å². The van der Waals surface area contributed by atoms with Gasteiger partial charge in [0.25, 0.3) is 0 Å². The number of hydrogen-bond acceptors (Lipinski definition) is 5. The van der Waals surface area contributed by atoms with E-state index >= 15 is 0 Å². The van der Waals surface area contributed by atoms with E-state index in [-0.39, 0.29) is 18.5 Å². The molecule has 3 N–H and O–H groups in total. The fraction of sp³-hybridized carbons (Fsp3) is 0.947.